The monoisotopic (exact) mass is 331 g/mol. The number of para-hydroxylation sites is 1. The van der Waals surface area contributed by atoms with Crippen LogP contribution in [0.1, 0.15) is 24.1 Å². The fraction of sp³-hybridized carbons (Fsp3) is 0.294. The van der Waals surface area contributed by atoms with Gasteiger partial charge in [-0.3, -0.25) is 0 Å². The first-order valence-electron chi connectivity index (χ1n) is 6.96. The summed E-state index contributed by atoms with van der Waals surface area (Å²) in [5, 5.41) is 3.56. The Morgan fingerprint density at radius 1 is 1.25 bits per heavy atom. The molecule has 2 aromatic carbocycles. The Kier molecular flexibility index (Phi) is 4.08. The SMILES string of the molecule is CC(NCC1Cc2ccccc2O1)c1cccc(Br)c1. The van der Waals surface area contributed by atoms with E-state index in [1.165, 1.54) is 11.1 Å². The van der Waals surface area contributed by atoms with Crippen molar-refractivity contribution in [1.29, 1.82) is 0 Å². The minimum absolute atomic E-state index is 0.238. The molecule has 1 aliphatic heterocycles. The Morgan fingerprint density at radius 3 is 2.90 bits per heavy atom. The van der Waals surface area contributed by atoms with Crippen LogP contribution >= 0.6 is 15.9 Å². The predicted molar refractivity (Wildman–Crippen MR) is 85.1 cm³/mol. The molecule has 0 amide bonds. The van der Waals surface area contributed by atoms with Gasteiger partial charge >= 0.3 is 0 Å². The maximum Gasteiger partial charge on any atom is 0.123 e. The van der Waals surface area contributed by atoms with E-state index < -0.39 is 0 Å². The Labute approximate surface area is 128 Å². The molecule has 0 fully saturated rings. The topological polar surface area (TPSA) is 21.3 Å². The molecule has 2 atom stereocenters. The molecule has 1 aliphatic rings. The summed E-state index contributed by atoms with van der Waals surface area (Å²) < 4.78 is 7.06. The van der Waals surface area contributed by atoms with E-state index in [2.05, 4.69) is 58.5 Å². The number of fused-ring (bicyclic) bond motifs is 1. The van der Waals surface area contributed by atoms with Gasteiger partial charge in [0.1, 0.15) is 11.9 Å². The molecule has 0 spiro atoms. The third-order valence-electron chi connectivity index (χ3n) is 3.71. The summed E-state index contributed by atoms with van der Waals surface area (Å²) in [5.74, 6) is 1.04. The van der Waals surface area contributed by atoms with Gasteiger partial charge in [0.2, 0.25) is 0 Å². The van der Waals surface area contributed by atoms with Crippen LogP contribution in [0.15, 0.2) is 53.0 Å². The molecule has 2 unspecified atom stereocenters. The summed E-state index contributed by atoms with van der Waals surface area (Å²) in [4.78, 5) is 0. The van der Waals surface area contributed by atoms with E-state index in [1.54, 1.807) is 0 Å². The highest BCUT2D eigenvalue weighted by Gasteiger charge is 2.22. The van der Waals surface area contributed by atoms with Crippen molar-refractivity contribution in [3.05, 3.63) is 64.1 Å². The first kappa shape index (κ1) is 13.7. The number of halogens is 1. The van der Waals surface area contributed by atoms with E-state index in [0.29, 0.717) is 6.04 Å². The standard InChI is InChI=1S/C17H18BrNO/c1-12(13-6-4-7-15(18)9-13)19-11-16-10-14-5-2-3-8-17(14)20-16/h2-9,12,16,19H,10-11H2,1H3. The summed E-state index contributed by atoms with van der Waals surface area (Å²) in [7, 11) is 0. The van der Waals surface area contributed by atoms with E-state index in [-0.39, 0.29) is 6.10 Å². The molecule has 0 radical (unpaired) electrons. The lowest BCUT2D eigenvalue weighted by molar-refractivity contribution is 0.222. The van der Waals surface area contributed by atoms with Crippen molar-refractivity contribution in [1.82, 2.24) is 5.32 Å². The summed E-state index contributed by atoms with van der Waals surface area (Å²) in [6.07, 6.45) is 1.23. The molecule has 0 bridgehead atoms. The number of hydrogen-bond acceptors (Lipinski definition) is 2. The first-order chi connectivity index (χ1) is 9.72. The van der Waals surface area contributed by atoms with Crippen molar-refractivity contribution in [3.63, 3.8) is 0 Å². The summed E-state index contributed by atoms with van der Waals surface area (Å²) in [5.41, 5.74) is 2.60. The molecule has 3 heteroatoms. The smallest absolute Gasteiger partial charge is 0.123 e. The lowest BCUT2D eigenvalue weighted by atomic mass is 10.1. The quantitative estimate of drug-likeness (QED) is 0.910. The second-order valence-electron chi connectivity index (χ2n) is 5.24. The van der Waals surface area contributed by atoms with Gasteiger partial charge in [-0.25, -0.2) is 0 Å². The Bertz CT molecular complexity index is 574. The number of nitrogens with one attached hydrogen (secondary N) is 1. The predicted octanol–water partition coefficient (Wildman–Crippen LogP) is 4.10. The van der Waals surface area contributed by atoms with Crippen LogP contribution < -0.4 is 10.1 Å². The third kappa shape index (κ3) is 3.05. The molecular weight excluding hydrogens is 314 g/mol. The van der Waals surface area contributed by atoms with Crippen molar-refractivity contribution in [2.75, 3.05) is 6.54 Å². The summed E-state index contributed by atoms with van der Waals surface area (Å²) >= 11 is 3.51. The molecule has 0 saturated carbocycles. The molecule has 3 rings (SSSR count). The van der Waals surface area contributed by atoms with Crippen LogP contribution in [0.5, 0.6) is 5.75 Å². The molecule has 1 heterocycles. The maximum absolute atomic E-state index is 5.95. The molecule has 104 valence electrons. The lowest BCUT2D eigenvalue weighted by Crippen LogP contribution is -2.31. The van der Waals surface area contributed by atoms with E-state index in [9.17, 15) is 0 Å². The minimum Gasteiger partial charge on any atom is -0.488 e. The van der Waals surface area contributed by atoms with E-state index in [4.69, 9.17) is 4.74 Å². The van der Waals surface area contributed by atoms with Crippen LogP contribution in [0.25, 0.3) is 0 Å². The highest BCUT2D eigenvalue weighted by Crippen LogP contribution is 2.28. The number of hydrogen-bond donors (Lipinski definition) is 1. The van der Waals surface area contributed by atoms with E-state index >= 15 is 0 Å². The van der Waals surface area contributed by atoms with Gasteiger partial charge in [0.25, 0.3) is 0 Å². The lowest BCUT2D eigenvalue weighted by Gasteiger charge is -2.18. The van der Waals surface area contributed by atoms with Gasteiger partial charge in [-0.1, -0.05) is 46.3 Å². The normalized spacial score (nSPS) is 18.4. The largest absolute Gasteiger partial charge is 0.488 e. The molecular formula is C17H18BrNO. The van der Waals surface area contributed by atoms with Crippen molar-refractivity contribution >= 4 is 15.9 Å². The van der Waals surface area contributed by atoms with Gasteiger partial charge in [0, 0.05) is 23.5 Å². The van der Waals surface area contributed by atoms with Gasteiger partial charge in [0.05, 0.1) is 0 Å². The average Bonchev–Trinajstić information content (AvgIpc) is 2.87. The number of rotatable bonds is 4. The van der Waals surface area contributed by atoms with Gasteiger partial charge in [0.15, 0.2) is 0 Å². The zero-order chi connectivity index (χ0) is 13.9. The van der Waals surface area contributed by atoms with Crippen LogP contribution in [0.4, 0.5) is 0 Å². The second-order valence-corrected chi connectivity index (χ2v) is 6.15. The Morgan fingerprint density at radius 2 is 2.10 bits per heavy atom. The van der Waals surface area contributed by atoms with Gasteiger partial charge < -0.3 is 10.1 Å². The minimum atomic E-state index is 0.238. The van der Waals surface area contributed by atoms with Crippen LogP contribution in [-0.4, -0.2) is 12.6 Å². The Hall–Kier alpha value is -1.32. The fourth-order valence-corrected chi connectivity index (χ4v) is 2.99. The van der Waals surface area contributed by atoms with Crippen molar-refractivity contribution in [3.8, 4) is 5.75 Å². The third-order valence-corrected chi connectivity index (χ3v) is 4.21. The molecule has 0 aliphatic carbocycles. The van der Waals surface area contributed by atoms with E-state index in [0.717, 1.165) is 23.2 Å². The molecule has 1 N–H and O–H groups in total. The van der Waals surface area contributed by atoms with Crippen LogP contribution in [0.3, 0.4) is 0 Å². The molecule has 2 nitrogen and oxygen atoms in total. The summed E-state index contributed by atoms with van der Waals surface area (Å²) in [6.45, 7) is 3.05. The molecule has 20 heavy (non-hydrogen) atoms. The first-order valence-corrected chi connectivity index (χ1v) is 7.75. The number of benzene rings is 2. The molecule has 0 aromatic heterocycles. The highest BCUT2D eigenvalue weighted by molar-refractivity contribution is 9.10. The fourth-order valence-electron chi connectivity index (χ4n) is 2.57. The molecule has 2 aromatic rings. The summed E-state index contributed by atoms with van der Waals surface area (Å²) in [6, 6.07) is 17.0. The highest BCUT2D eigenvalue weighted by atomic mass is 79.9. The van der Waals surface area contributed by atoms with Crippen molar-refractivity contribution in [2.24, 2.45) is 0 Å². The van der Waals surface area contributed by atoms with Crippen LogP contribution in [0, 0.1) is 0 Å². The van der Waals surface area contributed by atoms with Crippen molar-refractivity contribution in [2.45, 2.75) is 25.5 Å². The zero-order valence-electron chi connectivity index (χ0n) is 11.5. The second kappa shape index (κ2) is 5.98. The van der Waals surface area contributed by atoms with Gasteiger partial charge in [-0.15, -0.1) is 0 Å². The van der Waals surface area contributed by atoms with Gasteiger partial charge in [-0.2, -0.15) is 0 Å². The zero-order valence-corrected chi connectivity index (χ0v) is 13.1. The Balaban J connectivity index is 1.56. The van der Waals surface area contributed by atoms with Crippen molar-refractivity contribution < 1.29 is 4.74 Å². The average molecular weight is 332 g/mol. The molecule has 0 saturated heterocycles. The van der Waals surface area contributed by atoms with Gasteiger partial charge in [-0.05, 0) is 36.2 Å². The maximum atomic E-state index is 5.95. The van der Waals surface area contributed by atoms with E-state index in [1.807, 2.05) is 18.2 Å². The van der Waals surface area contributed by atoms with Crippen LogP contribution in [0.2, 0.25) is 0 Å². The number of ether oxygens (including phenoxy) is 1. The van der Waals surface area contributed by atoms with Crippen LogP contribution in [-0.2, 0) is 6.42 Å².